The van der Waals surface area contributed by atoms with Crippen molar-refractivity contribution in [2.24, 2.45) is 0 Å². The average molecular weight is 313 g/mol. The zero-order valence-electron chi connectivity index (χ0n) is 13.9. The van der Waals surface area contributed by atoms with Crippen molar-refractivity contribution in [2.45, 2.75) is 19.8 Å². The Hall–Kier alpha value is -2.49. The second-order valence-corrected chi connectivity index (χ2v) is 5.44. The molecule has 1 N–H and O–H groups in total. The van der Waals surface area contributed by atoms with E-state index in [0.29, 0.717) is 19.4 Å². The Morgan fingerprint density at radius 2 is 1.91 bits per heavy atom. The molecule has 0 aliphatic heterocycles. The molecular formula is C19H23NO3. The minimum Gasteiger partial charge on any atom is -0.497 e. The lowest BCUT2D eigenvalue weighted by Gasteiger charge is -2.11. The summed E-state index contributed by atoms with van der Waals surface area (Å²) in [5, 5.41) is 2.95. The molecule has 0 bridgehead atoms. The van der Waals surface area contributed by atoms with E-state index in [1.807, 2.05) is 49.4 Å². The Bertz CT molecular complexity index is 667. The van der Waals surface area contributed by atoms with E-state index < -0.39 is 0 Å². The van der Waals surface area contributed by atoms with Crippen LogP contribution in [0, 0.1) is 6.92 Å². The van der Waals surface area contributed by atoms with Crippen LogP contribution in [-0.4, -0.2) is 26.7 Å². The van der Waals surface area contributed by atoms with Crippen molar-refractivity contribution in [2.75, 3.05) is 20.8 Å². The van der Waals surface area contributed by atoms with Crippen LogP contribution < -0.4 is 14.8 Å². The average Bonchev–Trinajstić information content (AvgIpc) is 2.54. The second kappa shape index (κ2) is 8.22. The second-order valence-electron chi connectivity index (χ2n) is 5.44. The van der Waals surface area contributed by atoms with Gasteiger partial charge in [-0.15, -0.1) is 0 Å². The highest BCUT2D eigenvalue weighted by Crippen LogP contribution is 2.24. The fourth-order valence-electron chi connectivity index (χ4n) is 2.48. The maximum Gasteiger partial charge on any atom is 0.224 e. The Kier molecular flexibility index (Phi) is 6.03. The Morgan fingerprint density at radius 1 is 1.09 bits per heavy atom. The molecule has 1 amide bonds. The van der Waals surface area contributed by atoms with Gasteiger partial charge in [-0.3, -0.25) is 4.79 Å². The van der Waals surface area contributed by atoms with Crippen molar-refractivity contribution >= 4 is 5.91 Å². The highest BCUT2D eigenvalue weighted by Gasteiger charge is 2.07. The number of benzene rings is 2. The van der Waals surface area contributed by atoms with Crippen molar-refractivity contribution in [3.63, 3.8) is 0 Å². The molecule has 0 radical (unpaired) electrons. The molecule has 0 aliphatic rings. The fourth-order valence-corrected chi connectivity index (χ4v) is 2.48. The van der Waals surface area contributed by atoms with Gasteiger partial charge in [-0.25, -0.2) is 0 Å². The number of aryl methyl sites for hydroxylation is 1. The highest BCUT2D eigenvalue weighted by molar-refractivity contribution is 5.78. The fraction of sp³-hybridized carbons (Fsp3) is 0.316. The van der Waals surface area contributed by atoms with Gasteiger partial charge in [0.25, 0.3) is 0 Å². The van der Waals surface area contributed by atoms with Crippen LogP contribution in [0.25, 0.3) is 0 Å². The van der Waals surface area contributed by atoms with Gasteiger partial charge in [0.15, 0.2) is 0 Å². The van der Waals surface area contributed by atoms with Crippen LogP contribution >= 0.6 is 0 Å². The molecule has 2 aromatic rings. The molecule has 2 rings (SSSR count). The Morgan fingerprint density at radius 3 is 2.61 bits per heavy atom. The van der Waals surface area contributed by atoms with E-state index in [1.165, 1.54) is 0 Å². The van der Waals surface area contributed by atoms with Crippen LogP contribution in [-0.2, 0) is 17.6 Å². The number of ether oxygens (including phenoxy) is 2. The summed E-state index contributed by atoms with van der Waals surface area (Å²) in [6.45, 7) is 2.59. The molecule has 0 unspecified atom stereocenters. The van der Waals surface area contributed by atoms with Crippen molar-refractivity contribution in [3.8, 4) is 11.5 Å². The summed E-state index contributed by atoms with van der Waals surface area (Å²) in [6.07, 6.45) is 1.09. The monoisotopic (exact) mass is 313 g/mol. The number of carbonyl (C=O) groups excluding carboxylic acids is 1. The molecule has 0 aromatic heterocycles. The largest absolute Gasteiger partial charge is 0.497 e. The summed E-state index contributed by atoms with van der Waals surface area (Å²) in [7, 11) is 3.27. The van der Waals surface area contributed by atoms with Gasteiger partial charge in [0.2, 0.25) is 5.91 Å². The molecule has 4 nitrogen and oxygen atoms in total. The van der Waals surface area contributed by atoms with Gasteiger partial charge in [-0.05, 0) is 42.7 Å². The van der Waals surface area contributed by atoms with Gasteiger partial charge < -0.3 is 14.8 Å². The molecule has 0 atom stereocenters. The third-order valence-electron chi connectivity index (χ3n) is 3.65. The summed E-state index contributed by atoms with van der Waals surface area (Å²) in [5.41, 5.74) is 3.21. The van der Waals surface area contributed by atoms with Crippen LogP contribution in [0.4, 0.5) is 0 Å². The number of carbonyl (C=O) groups is 1. The zero-order chi connectivity index (χ0) is 16.7. The van der Waals surface area contributed by atoms with E-state index in [1.54, 1.807) is 14.2 Å². The summed E-state index contributed by atoms with van der Waals surface area (Å²) in [4.78, 5) is 12.0. The predicted octanol–water partition coefficient (Wildman–Crippen LogP) is 2.91. The van der Waals surface area contributed by atoms with Crippen molar-refractivity contribution in [1.82, 2.24) is 5.32 Å². The van der Waals surface area contributed by atoms with E-state index in [4.69, 9.17) is 9.47 Å². The first-order chi connectivity index (χ1) is 11.1. The molecule has 0 spiro atoms. The smallest absolute Gasteiger partial charge is 0.224 e. The van der Waals surface area contributed by atoms with Gasteiger partial charge >= 0.3 is 0 Å². The first kappa shape index (κ1) is 16.9. The van der Waals surface area contributed by atoms with Gasteiger partial charge in [-0.1, -0.05) is 29.8 Å². The van der Waals surface area contributed by atoms with E-state index in [0.717, 1.165) is 28.2 Å². The highest BCUT2D eigenvalue weighted by atomic mass is 16.5. The van der Waals surface area contributed by atoms with Crippen molar-refractivity contribution < 1.29 is 14.3 Å². The molecular weight excluding hydrogens is 290 g/mol. The van der Waals surface area contributed by atoms with Crippen LogP contribution in [0.15, 0.2) is 42.5 Å². The van der Waals surface area contributed by atoms with E-state index in [2.05, 4.69) is 5.32 Å². The van der Waals surface area contributed by atoms with Crippen LogP contribution in [0.2, 0.25) is 0 Å². The molecule has 2 aromatic carbocycles. The molecule has 122 valence electrons. The number of hydrogen-bond donors (Lipinski definition) is 1. The van der Waals surface area contributed by atoms with Gasteiger partial charge in [-0.2, -0.15) is 0 Å². The molecule has 0 heterocycles. The minimum absolute atomic E-state index is 0.0254. The quantitative estimate of drug-likeness (QED) is 0.855. The van der Waals surface area contributed by atoms with Crippen LogP contribution in [0.5, 0.6) is 11.5 Å². The normalized spacial score (nSPS) is 10.2. The van der Waals surface area contributed by atoms with E-state index in [9.17, 15) is 4.79 Å². The molecule has 0 fully saturated rings. The van der Waals surface area contributed by atoms with Gasteiger partial charge in [0.1, 0.15) is 11.5 Å². The van der Waals surface area contributed by atoms with Gasteiger partial charge in [0.05, 0.1) is 20.6 Å². The van der Waals surface area contributed by atoms with Gasteiger partial charge in [0, 0.05) is 6.54 Å². The zero-order valence-corrected chi connectivity index (χ0v) is 13.9. The third-order valence-corrected chi connectivity index (χ3v) is 3.65. The molecule has 0 aliphatic carbocycles. The lowest BCUT2D eigenvalue weighted by atomic mass is 10.1. The molecule has 0 saturated carbocycles. The molecule has 4 heteroatoms. The minimum atomic E-state index is 0.0254. The topological polar surface area (TPSA) is 47.6 Å². The predicted molar refractivity (Wildman–Crippen MR) is 91.1 cm³/mol. The Labute approximate surface area is 137 Å². The number of hydrogen-bond acceptors (Lipinski definition) is 3. The summed E-state index contributed by atoms with van der Waals surface area (Å²) >= 11 is 0. The number of rotatable bonds is 7. The van der Waals surface area contributed by atoms with E-state index >= 15 is 0 Å². The first-order valence-electron chi connectivity index (χ1n) is 7.65. The number of amides is 1. The van der Waals surface area contributed by atoms with Crippen LogP contribution in [0.3, 0.4) is 0 Å². The lowest BCUT2D eigenvalue weighted by Crippen LogP contribution is -2.27. The van der Waals surface area contributed by atoms with E-state index in [-0.39, 0.29) is 5.91 Å². The lowest BCUT2D eigenvalue weighted by molar-refractivity contribution is -0.120. The van der Waals surface area contributed by atoms with Crippen LogP contribution in [0.1, 0.15) is 16.7 Å². The SMILES string of the molecule is COc1ccc(OC)c(CCNC(=O)Cc2cccc(C)c2)c1. The van der Waals surface area contributed by atoms with Crippen molar-refractivity contribution in [1.29, 1.82) is 0 Å². The van der Waals surface area contributed by atoms with Crippen molar-refractivity contribution in [3.05, 3.63) is 59.2 Å². The standard InChI is InChI=1S/C19H23NO3/c1-14-5-4-6-15(11-14)12-19(21)20-10-9-16-13-17(22-2)7-8-18(16)23-3/h4-8,11,13H,9-10,12H2,1-3H3,(H,20,21). The third kappa shape index (κ3) is 5.02. The first-order valence-corrected chi connectivity index (χ1v) is 7.65. The molecule has 0 saturated heterocycles. The number of methoxy groups -OCH3 is 2. The number of nitrogens with one attached hydrogen (secondary N) is 1. The maximum absolute atomic E-state index is 12.0. The summed E-state index contributed by atoms with van der Waals surface area (Å²) in [6, 6.07) is 13.7. The summed E-state index contributed by atoms with van der Waals surface area (Å²) in [5.74, 6) is 1.61. The maximum atomic E-state index is 12.0. The molecule has 23 heavy (non-hydrogen) atoms. The Balaban J connectivity index is 1.88. The summed E-state index contributed by atoms with van der Waals surface area (Å²) < 4.78 is 10.6.